The fourth-order valence-corrected chi connectivity index (χ4v) is 2.51. The van der Waals surface area contributed by atoms with E-state index < -0.39 is 0 Å². The smallest absolute Gasteiger partial charge is 0.220 e. The summed E-state index contributed by atoms with van der Waals surface area (Å²) in [6.07, 6.45) is 5.40. The van der Waals surface area contributed by atoms with E-state index in [1.165, 1.54) is 12.8 Å². The number of nitrogens with one attached hydrogen (secondary N) is 2. The monoisotopic (exact) mass is 226 g/mol. The Balaban J connectivity index is 1.56. The zero-order valence-corrected chi connectivity index (χ0v) is 9.74. The Labute approximate surface area is 96.8 Å². The van der Waals surface area contributed by atoms with Gasteiger partial charge in [0.2, 0.25) is 5.91 Å². The highest BCUT2D eigenvalue weighted by Crippen LogP contribution is 2.20. The molecule has 16 heavy (non-hydrogen) atoms. The van der Waals surface area contributed by atoms with Gasteiger partial charge in [-0.15, -0.1) is 0 Å². The van der Waals surface area contributed by atoms with Gasteiger partial charge in [-0.05, 0) is 51.1 Å². The molecule has 3 N–H and O–H groups in total. The molecule has 4 nitrogen and oxygen atoms in total. The van der Waals surface area contributed by atoms with Gasteiger partial charge in [-0.2, -0.15) is 0 Å². The number of aliphatic hydroxyl groups excluding tert-OH is 1. The Morgan fingerprint density at radius 1 is 1.44 bits per heavy atom. The summed E-state index contributed by atoms with van der Waals surface area (Å²) in [4.78, 5) is 11.6. The highest BCUT2D eigenvalue weighted by atomic mass is 16.3. The summed E-state index contributed by atoms with van der Waals surface area (Å²) in [6.45, 7) is 2.19. The van der Waals surface area contributed by atoms with Gasteiger partial charge >= 0.3 is 0 Å². The summed E-state index contributed by atoms with van der Waals surface area (Å²) in [7, 11) is 0. The summed E-state index contributed by atoms with van der Waals surface area (Å²) in [5, 5.41) is 15.4. The van der Waals surface area contributed by atoms with E-state index in [0.717, 1.165) is 32.4 Å². The average Bonchev–Trinajstić information content (AvgIpc) is 2.26. The van der Waals surface area contributed by atoms with E-state index in [1.807, 2.05) is 0 Å². The van der Waals surface area contributed by atoms with Crippen LogP contribution in [0.3, 0.4) is 0 Å². The molecule has 0 aromatic rings. The molecule has 2 aliphatic rings. The predicted molar refractivity (Wildman–Crippen MR) is 62.0 cm³/mol. The van der Waals surface area contributed by atoms with E-state index in [1.54, 1.807) is 0 Å². The first-order chi connectivity index (χ1) is 7.74. The molecule has 1 unspecified atom stereocenters. The first-order valence-corrected chi connectivity index (χ1v) is 6.42. The molecule has 2 fully saturated rings. The van der Waals surface area contributed by atoms with Crippen LogP contribution in [0.5, 0.6) is 0 Å². The van der Waals surface area contributed by atoms with Crippen molar-refractivity contribution in [1.29, 1.82) is 0 Å². The molecule has 1 atom stereocenters. The van der Waals surface area contributed by atoms with Crippen molar-refractivity contribution >= 4 is 5.91 Å². The maximum Gasteiger partial charge on any atom is 0.220 e. The lowest BCUT2D eigenvalue weighted by Gasteiger charge is -2.32. The molecule has 0 bridgehead atoms. The fraction of sp³-hybridized carbons (Fsp3) is 0.917. The maximum atomic E-state index is 11.6. The van der Waals surface area contributed by atoms with Crippen molar-refractivity contribution in [3.05, 3.63) is 0 Å². The fourth-order valence-electron chi connectivity index (χ4n) is 2.51. The number of rotatable bonds is 4. The lowest BCUT2D eigenvalue weighted by molar-refractivity contribution is -0.123. The zero-order chi connectivity index (χ0) is 11.4. The number of hydrogen-bond donors (Lipinski definition) is 3. The van der Waals surface area contributed by atoms with Crippen LogP contribution in [0, 0.1) is 5.92 Å². The Hall–Kier alpha value is -0.610. The number of aliphatic hydroxyl groups is 1. The standard InChI is InChI=1S/C12H22N2O2/c15-11-6-10(7-11)14-12(16)4-3-9-2-1-5-13-8-9/h9-11,13,15H,1-8H2,(H,14,16). The molecule has 0 radical (unpaired) electrons. The summed E-state index contributed by atoms with van der Waals surface area (Å²) >= 11 is 0. The van der Waals surface area contributed by atoms with Gasteiger partial charge in [0.05, 0.1) is 6.10 Å². The Morgan fingerprint density at radius 3 is 2.88 bits per heavy atom. The predicted octanol–water partition coefficient (Wildman–Crippen LogP) is 0.406. The Morgan fingerprint density at radius 2 is 2.25 bits per heavy atom. The SMILES string of the molecule is O=C(CCC1CCCNC1)NC1CC(O)C1. The summed E-state index contributed by atoms with van der Waals surface area (Å²) in [6, 6.07) is 0.229. The topological polar surface area (TPSA) is 61.4 Å². The Kier molecular flexibility index (Phi) is 4.18. The maximum absolute atomic E-state index is 11.6. The molecule has 1 amide bonds. The van der Waals surface area contributed by atoms with E-state index in [0.29, 0.717) is 12.3 Å². The van der Waals surface area contributed by atoms with Crippen molar-refractivity contribution in [3.63, 3.8) is 0 Å². The molecule has 0 aromatic carbocycles. The van der Waals surface area contributed by atoms with Crippen molar-refractivity contribution in [1.82, 2.24) is 10.6 Å². The van der Waals surface area contributed by atoms with E-state index in [2.05, 4.69) is 10.6 Å². The van der Waals surface area contributed by atoms with Gasteiger partial charge in [-0.25, -0.2) is 0 Å². The van der Waals surface area contributed by atoms with Crippen molar-refractivity contribution in [2.75, 3.05) is 13.1 Å². The lowest BCUT2D eigenvalue weighted by atomic mass is 9.89. The van der Waals surface area contributed by atoms with E-state index in [9.17, 15) is 4.79 Å². The van der Waals surface area contributed by atoms with Gasteiger partial charge in [0.15, 0.2) is 0 Å². The number of carbonyl (C=O) groups excluding carboxylic acids is 1. The minimum Gasteiger partial charge on any atom is -0.393 e. The van der Waals surface area contributed by atoms with E-state index >= 15 is 0 Å². The van der Waals surface area contributed by atoms with Crippen LogP contribution in [-0.4, -0.2) is 36.2 Å². The third kappa shape index (κ3) is 3.46. The minimum absolute atomic E-state index is 0.155. The summed E-state index contributed by atoms with van der Waals surface area (Å²) in [5.41, 5.74) is 0. The molecule has 1 aliphatic heterocycles. The van der Waals surface area contributed by atoms with Crippen LogP contribution in [0.4, 0.5) is 0 Å². The number of amides is 1. The third-order valence-corrected chi connectivity index (χ3v) is 3.66. The van der Waals surface area contributed by atoms with Crippen LogP contribution in [0.25, 0.3) is 0 Å². The van der Waals surface area contributed by atoms with Gasteiger partial charge in [0.1, 0.15) is 0 Å². The van der Waals surface area contributed by atoms with E-state index in [-0.39, 0.29) is 18.1 Å². The van der Waals surface area contributed by atoms with Crippen LogP contribution >= 0.6 is 0 Å². The minimum atomic E-state index is -0.187. The van der Waals surface area contributed by atoms with Crippen LogP contribution in [-0.2, 0) is 4.79 Å². The zero-order valence-electron chi connectivity index (χ0n) is 9.74. The van der Waals surface area contributed by atoms with Crippen molar-refractivity contribution in [2.45, 2.75) is 50.7 Å². The number of carbonyl (C=O) groups is 1. The van der Waals surface area contributed by atoms with Crippen molar-refractivity contribution < 1.29 is 9.90 Å². The molecule has 1 aliphatic carbocycles. The van der Waals surface area contributed by atoms with Crippen LogP contribution < -0.4 is 10.6 Å². The Bertz CT molecular complexity index is 233. The van der Waals surface area contributed by atoms with Crippen LogP contribution in [0.2, 0.25) is 0 Å². The lowest BCUT2D eigenvalue weighted by Crippen LogP contribution is -2.46. The van der Waals surface area contributed by atoms with Gasteiger partial charge in [0.25, 0.3) is 0 Å². The van der Waals surface area contributed by atoms with Gasteiger partial charge in [-0.1, -0.05) is 0 Å². The molecule has 1 saturated heterocycles. The largest absolute Gasteiger partial charge is 0.393 e. The first kappa shape index (κ1) is 11.9. The summed E-state index contributed by atoms with van der Waals surface area (Å²) < 4.78 is 0. The van der Waals surface area contributed by atoms with Gasteiger partial charge in [0, 0.05) is 12.5 Å². The second-order valence-corrected chi connectivity index (χ2v) is 5.14. The van der Waals surface area contributed by atoms with Gasteiger partial charge in [-0.3, -0.25) is 4.79 Å². The molecular formula is C12H22N2O2. The average molecular weight is 226 g/mol. The number of piperidine rings is 1. The second-order valence-electron chi connectivity index (χ2n) is 5.14. The summed E-state index contributed by atoms with van der Waals surface area (Å²) in [5.74, 6) is 0.828. The highest BCUT2D eigenvalue weighted by molar-refractivity contribution is 5.76. The van der Waals surface area contributed by atoms with Crippen LogP contribution in [0.1, 0.15) is 38.5 Å². The molecule has 1 saturated carbocycles. The molecule has 2 rings (SSSR count). The van der Waals surface area contributed by atoms with Crippen LogP contribution in [0.15, 0.2) is 0 Å². The van der Waals surface area contributed by atoms with Crippen molar-refractivity contribution in [3.8, 4) is 0 Å². The first-order valence-electron chi connectivity index (χ1n) is 6.42. The van der Waals surface area contributed by atoms with E-state index in [4.69, 9.17) is 5.11 Å². The molecular weight excluding hydrogens is 204 g/mol. The molecule has 0 aromatic heterocycles. The third-order valence-electron chi connectivity index (χ3n) is 3.66. The molecule has 1 heterocycles. The van der Waals surface area contributed by atoms with Crippen molar-refractivity contribution in [2.24, 2.45) is 5.92 Å². The van der Waals surface area contributed by atoms with Gasteiger partial charge < -0.3 is 15.7 Å². The highest BCUT2D eigenvalue weighted by Gasteiger charge is 2.28. The second kappa shape index (κ2) is 5.64. The molecule has 92 valence electrons. The molecule has 4 heteroatoms. The molecule has 0 spiro atoms. The number of hydrogen-bond acceptors (Lipinski definition) is 3. The quantitative estimate of drug-likeness (QED) is 0.650. The normalized spacial score (nSPS) is 34.2.